The number of ether oxygens (including phenoxy) is 1. The van der Waals surface area contributed by atoms with Crippen molar-refractivity contribution < 1.29 is 17.9 Å². The number of nitrogens with zero attached hydrogens (tertiary/aromatic N) is 1. The summed E-state index contributed by atoms with van der Waals surface area (Å²) < 4.78 is 30.8. The summed E-state index contributed by atoms with van der Waals surface area (Å²) in [5.41, 5.74) is 1.29. The molecule has 0 atom stereocenters. The molecule has 0 saturated heterocycles. The third-order valence-electron chi connectivity index (χ3n) is 4.40. The second-order valence-corrected chi connectivity index (χ2v) is 8.26. The topological polar surface area (TPSA) is 75.7 Å². The maximum atomic E-state index is 12.5. The Morgan fingerprint density at radius 2 is 1.68 bits per heavy atom. The monoisotopic (exact) mass is 398 g/mol. The molecule has 3 aromatic carbocycles. The summed E-state index contributed by atoms with van der Waals surface area (Å²) in [6, 6.07) is 20.5. The molecule has 146 valence electrons. The summed E-state index contributed by atoms with van der Waals surface area (Å²) in [5.74, 6) is -0.0148. The van der Waals surface area contributed by atoms with E-state index in [1.165, 1.54) is 7.11 Å². The molecule has 1 N–H and O–H groups in total. The van der Waals surface area contributed by atoms with Crippen molar-refractivity contribution in [3.63, 3.8) is 0 Å². The minimum absolute atomic E-state index is 0.309. The Morgan fingerprint density at radius 3 is 2.43 bits per heavy atom. The lowest BCUT2D eigenvalue weighted by molar-refractivity contribution is -0.119. The summed E-state index contributed by atoms with van der Waals surface area (Å²) in [6.45, 7) is -0.0202. The zero-order chi connectivity index (χ0) is 20.1. The van der Waals surface area contributed by atoms with Crippen LogP contribution in [-0.4, -0.2) is 34.2 Å². The SMILES string of the molecule is COc1ccccc1N(CC(=O)NCc1cccc2ccccc12)S(C)(=O)=O. The molecule has 7 heteroatoms. The number of carbonyl (C=O) groups excluding carboxylic acids is 1. The number of rotatable bonds is 7. The normalized spacial score (nSPS) is 11.2. The predicted molar refractivity (Wildman–Crippen MR) is 111 cm³/mol. The van der Waals surface area contributed by atoms with Gasteiger partial charge < -0.3 is 10.1 Å². The quantitative estimate of drug-likeness (QED) is 0.664. The molecular weight excluding hydrogens is 376 g/mol. The van der Waals surface area contributed by atoms with E-state index >= 15 is 0 Å². The fraction of sp³-hybridized carbons (Fsp3) is 0.190. The van der Waals surface area contributed by atoms with Crippen molar-refractivity contribution in [2.75, 3.05) is 24.2 Å². The molecule has 0 spiro atoms. The second-order valence-electron chi connectivity index (χ2n) is 6.36. The van der Waals surface area contributed by atoms with Gasteiger partial charge >= 0.3 is 0 Å². The zero-order valence-corrected chi connectivity index (χ0v) is 16.6. The van der Waals surface area contributed by atoms with E-state index < -0.39 is 15.9 Å². The Kier molecular flexibility index (Phi) is 5.84. The maximum Gasteiger partial charge on any atom is 0.241 e. The molecule has 0 unspecified atom stereocenters. The van der Waals surface area contributed by atoms with Crippen LogP contribution in [0.4, 0.5) is 5.69 Å². The first-order valence-electron chi connectivity index (χ1n) is 8.74. The number of anilines is 1. The van der Waals surface area contributed by atoms with E-state index in [0.29, 0.717) is 18.0 Å². The van der Waals surface area contributed by atoms with Gasteiger partial charge in [0.15, 0.2) is 0 Å². The molecule has 3 rings (SSSR count). The number of sulfonamides is 1. The highest BCUT2D eigenvalue weighted by Crippen LogP contribution is 2.29. The predicted octanol–water partition coefficient (Wildman–Crippen LogP) is 2.93. The molecule has 0 aliphatic heterocycles. The van der Waals surface area contributed by atoms with Gasteiger partial charge in [-0.3, -0.25) is 9.10 Å². The number of methoxy groups -OCH3 is 1. The Morgan fingerprint density at radius 1 is 1.00 bits per heavy atom. The summed E-state index contributed by atoms with van der Waals surface area (Å²) in [4.78, 5) is 12.5. The first kappa shape index (κ1) is 19.7. The molecule has 1 amide bonds. The van der Waals surface area contributed by atoms with Gasteiger partial charge in [-0.15, -0.1) is 0 Å². The highest BCUT2D eigenvalue weighted by molar-refractivity contribution is 7.92. The summed E-state index contributed by atoms with van der Waals surface area (Å²) >= 11 is 0. The van der Waals surface area contributed by atoms with Crippen molar-refractivity contribution in [1.82, 2.24) is 5.32 Å². The van der Waals surface area contributed by atoms with Crippen LogP contribution in [0.3, 0.4) is 0 Å². The molecular formula is C21H22N2O4S. The Bertz CT molecular complexity index is 1090. The molecule has 0 bridgehead atoms. The van der Waals surface area contributed by atoms with Gasteiger partial charge in [-0.1, -0.05) is 54.6 Å². The molecule has 28 heavy (non-hydrogen) atoms. The molecule has 3 aromatic rings. The van der Waals surface area contributed by atoms with Crippen molar-refractivity contribution in [2.45, 2.75) is 6.54 Å². The Labute approximate surface area is 164 Å². The average Bonchev–Trinajstić information content (AvgIpc) is 2.69. The van der Waals surface area contributed by atoms with Crippen LogP contribution in [0.5, 0.6) is 5.75 Å². The molecule has 0 aliphatic rings. The van der Waals surface area contributed by atoms with E-state index in [1.54, 1.807) is 24.3 Å². The van der Waals surface area contributed by atoms with Gasteiger partial charge in [0.2, 0.25) is 15.9 Å². The van der Waals surface area contributed by atoms with Gasteiger partial charge in [0.05, 0.1) is 19.1 Å². The lowest BCUT2D eigenvalue weighted by atomic mass is 10.0. The molecule has 0 aliphatic carbocycles. The van der Waals surface area contributed by atoms with E-state index in [-0.39, 0.29) is 6.54 Å². The summed E-state index contributed by atoms with van der Waals surface area (Å²) in [7, 11) is -2.21. The number of para-hydroxylation sites is 2. The van der Waals surface area contributed by atoms with E-state index in [9.17, 15) is 13.2 Å². The van der Waals surface area contributed by atoms with E-state index in [4.69, 9.17) is 4.74 Å². The Balaban J connectivity index is 1.78. The number of amides is 1. The summed E-state index contributed by atoms with van der Waals surface area (Å²) in [5, 5.41) is 4.95. The van der Waals surface area contributed by atoms with Gasteiger partial charge in [-0.25, -0.2) is 8.42 Å². The molecule has 0 fully saturated rings. The smallest absolute Gasteiger partial charge is 0.241 e. The zero-order valence-electron chi connectivity index (χ0n) is 15.8. The highest BCUT2D eigenvalue weighted by atomic mass is 32.2. The van der Waals surface area contributed by atoms with Crippen LogP contribution in [0.1, 0.15) is 5.56 Å². The number of hydrogen-bond donors (Lipinski definition) is 1. The molecule has 0 aromatic heterocycles. The van der Waals surface area contributed by atoms with E-state index in [0.717, 1.165) is 26.9 Å². The second kappa shape index (κ2) is 8.31. The van der Waals surface area contributed by atoms with Crippen LogP contribution in [-0.2, 0) is 21.4 Å². The first-order chi connectivity index (χ1) is 13.4. The minimum Gasteiger partial charge on any atom is -0.495 e. The van der Waals surface area contributed by atoms with Crippen LogP contribution in [0, 0.1) is 0 Å². The average molecular weight is 398 g/mol. The molecule has 0 heterocycles. The highest BCUT2D eigenvalue weighted by Gasteiger charge is 2.23. The number of hydrogen-bond acceptors (Lipinski definition) is 4. The Hall–Kier alpha value is -3.06. The number of nitrogens with one attached hydrogen (secondary N) is 1. The van der Waals surface area contributed by atoms with Crippen molar-refractivity contribution in [1.29, 1.82) is 0 Å². The lowest BCUT2D eigenvalue weighted by Gasteiger charge is -2.23. The third-order valence-corrected chi connectivity index (χ3v) is 5.52. The number of benzene rings is 3. The number of carbonyl (C=O) groups is 1. The molecule has 6 nitrogen and oxygen atoms in total. The van der Waals surface area contributed by atoms with Crippen LogP contribution in [0.15, 0.2) is 66.7 Å². The fourth-order valence-corrected chi connectivity index (χ4v) is 3.90. The van der Waals surface area contributed by atoms with Gasteiger partial charge in [-0.2, -0.15) is 0 Å². The molecule has 0 saturated carbocycles. The summed E-state index contributed by atoms with van der Waals surface area (Å²) in [6.07, 6.45) is 1.07. The van der Waals surface area contributed by atoms with Gasteiger partial charge in [0.1, 0.15) is 12.3 Å². The van der Waals surface area contributed by atoms with Crippen LogP contribution < -0.4 is 14.4 Å². The standard InChI is InChI=1S/C21H22N2O4S/c1-27-20-13-6-5-12-19(20)23(28(2,25)26)15-21(24)22-14-17-10-7-9-16-8-3-4-11-18(16)17/h3-13H,14-15H2,1-2H3,(H,22,24). The van der Waals surface area contributed by atoms with Crippen molar-refractivity contribution in [2.24, 2.45) is 0 Å². The van der Waals surface area contributed by atoms with Gasteiger partial charge in [0.25, 0.3) is 0 Å². The third kappa shape index (κ3) is 4.43. The lowest BCUT2D eigenvalue weighted by Crippen LogP contribution is -2.40. The van der Waals surface area contributed by atoms with Gasteiger partial charge in [-0.05, 0) is 28.5 Å². The first-order valence-corrected chi connectivity index (χ1v) is 10.6. The maximum absolute atomic E-state index is 12.5. The fourth-order valence-electron chi connectivity index (χ4n) is 3.04. The van der Waals surface area contributed by atoms with Crippen molar-refractivity contribution >= 4 is 32.4 Å². The van der Waals surface area contributed by atoms with Crippen molar-refractivity contribution in [3.05, 3.63) is 72.3 Å². The minimum atomic E-state index is -3.67. The van der Waals surface area contributed by atoms with Crippen molar-refractivity contribution in [3.8, 4) is 5.75 Å². The van der Waals surface area contributed by atoms with Gasteiger partial charge in [0, 0.05) is 6.54 Å². The molecule has 0 radical (unpaired) electrons. The van der Waals surface area contributed by atoms with E-state index in [2.05, 4.69) is 5.32 Å². The van der Waals surface area contributed by atoms with E-state index in [1.807, 2.05) is 42.5 Å². The van der Waals surface area contributed by atoms with Crippen LogP contribution >= 0.6 is 0 Å². The largest absolute Gasteiger partial charge is 0.495 e. The van der Waals surface area contributed by atoms with Crippen LogP contribution in [0.2, 0.25) is 0 Å². The van der Waals surface area contributed by atoms with Crippen LogP contribution in [0.25, 0.3) is 10.8 Å². The number of fused-ring (bicyclic) bond motifs is 1.